The van der Waals surface area contributed by atoms with Gasteiger partial charge in [-0.25, -0.2) is 4.98 Å². The molecular weight excluding hydrogens is 278 g/mol. The lowest BCUT2D eigenvalue weighted by molar-refractivity contribution is 0.260. The molecule has 2 aromatic rings. The molecule has 1 N–H and O–H groups in total. The van der Waals surface area contributed by atoms with E-state index >= 15 is 0 Å². The van der Waals surface area contributed by atoms with Gasteiger partial charge in [0.2, 0.25) is 0 Å². The van der Waals surface area contributed by atoms with Crippen LogP contribution in [0.25, 0.3) is 10.7 Å². The first-order valence-electron chi connectivity index (χ1n) is 7.65. The molecule has 1 atom stereocenters. The zero-order valence-corrected chi connectivity index (χ0v) is 14.0. The van der Waals surface area contributed by atoms with E-state index in [2.05, 4.69) is 44.1 Å². The van der Waals surface area contributed by atoms with Crippen molar-refractivity contribution in [3.05, 3.63) is 34.5 Å². The van der Waals surface area contributed by atoms with Gasteiger partial charge in [-0.05, 0) is 43.4 Å². The molecule has 21 heavy (non-hydrogen) atoms. The highest BCUT2D eigenvalue weighted by Crippen LogP contribution is 2.44. The number of nitrogens with one attached hydrogen (secondary N) is 1. The monoisotopic (exact) mass is 301 g/mol. The Morgan fingerprint density at radius 1 is 1.43 bits per heavy atom. The van der Waals surface area contributed by atoms with Crippen LogP contribution < -0.4 is 5.32 Å². The second-order valence-electron chi connectivity index (χ2n) is 6.65. The van der Waals surface area contributed by atoms with Gasteiger partial charge in [0.25, 0.3) is 0 Å². The fourth-order valence-corrected chi connectivity index (χ4v) is 4.37. The number of aromatic nitrogens is 2. The number of thiazole rings is 1. The van der Waals surface area contributed by atoms with E-state index < -0.39 is 0 Å². The van der Waals surface area contributed by atoms with Crippen LogP contribution in [-0.2, 0) is 6.42 Å². The van der Waals surface area contributed by atoms with Gasteiger partial charge in [0.15, 0.2) is 0 Å². The summed E-state index contributed by atoms with van der Waals surface area (Å²) in [5.41, 5.74) is 3.81. The van der Waals surface area contributed by atoms with Gasteiger partial charge in [-0.15, -0.1) is 11.3 Å². The minimum atomic E-state index is 0.310. The molecular formula is C17H23N3S. The van der Waals surface area contributed by atoms with Gasteiger partial charge in [-0.1, -0.05) is 26.8 Å². The summed E-state index contributed by atoms with van der Waals surface area (Å²) >= 11 is 1.82. The summed E-state index contributed by atoms with van der Waals surface area (Å²) in [6.45, 7) is 9.95. The van der Waals surface area contributed by atoms with Crippen LogP contribution in [0.15, 0.2) is 18.3 Å². The molecule has 0 saturated heterocycles. The Morgan fingerprint density at radius 3 is 2.95 bits per heavy atom. The molecule has 1 aliphatic rings. The summed E-state index contributed by atoms with van der Waals surface area (Å²) in [7, 11) is 0. The zero-order valence-electron chi connectivity index (χ0n) is 13.2. The van der Waals surface area contributed by atoms with Crippen molar-refractivity contribution >= 4 is 11.3 Å². The number of hydrogen-bond donors (Lipinski definition) is 1. The minimum Gasteiger partial charge on any atom is -0.309 e. The van der Waals surface area contributed by atoms with Gasteiger partial charge in [0, 0.05) is 17.1 Å². The number of hydrogen-bond acceptors (Lipinski definition) is 4. The molecule has 0 saturated carbocycles. The Hall–Kier alpha value is -1.26. The number of pyridine rings is 1. The molecule has 0 spiro atoms. The van der Waals surface area contributed by atoms with E-state index in [4.69, 9.17) is 4.98 Å². The maximum atomic E-state index is 4.93. The summed E-state index contributed by atoms with van der Waals surface area (Å²) in [4.78, 5) is 10.9. The second-order valence-corrected chi connectivity index (χ2v) is 7.68. The number of aryl methyl sites for hydroxylation is 1. The van der Waals surface area contributed by atoms with Crippen LogP contribution in [0.1, 0.15) is 49.4 Å². The average Bonchev–Trinajstić information content (AvgIpc) is 2.81. The fourth-order valence-electron chi connectivity index (χ4n) is 3.16. The molecule has 0 amide bonds. The van der Waals surface area contributed by atoms with Crippen LogP contribution in [0.4, 0.5) is 0 Å². The van der Waals surface area contributed by atoms with Gasteiger partial charge in [-0.3, -0.25) is 4.98 Å². The van der Waals surface area contributed by atoms with Crippen molar-refractivity contribution in [1.29, 1.82) is 0 Å². The van der Waals surface area contributed by atoms with Crippen molar-refractivity contribution in [3.63, 3.8) is 0 Å². The van der Waals surface area contributed by atoms with Crippen molar-refractivity contribution in [2.24, 2.45) is 5.41 Å². The first kappa shape index (κ1) is 14.7. The summed E-state index contributed by atoms with van der Waals surface area (Å²) in [6, 6.07) is 4.52. The molecule has 3 nitrogen and oxygen atoms in total. The average molecular weight is 301 g/mol. The molecule has 4 heteroatoms. The lowest BCUT2D eigenvalue weighted by atomic mass is 9.76. The summed E-state index contributed by atoms with van der Waals surface area (Å²) in [5, 5.41) is 4.69. The van der Waals surface area contributed by atoms with Crippen molar-refractivity contribution < 1.29 is 0 Å². The Bertz CT molecular complexity index is 645. The third-order valence-corrected chi connectivity index (χ3v) is 5.33. The highest BCUT2D eigenvalue weighted by atomic mass is 32.1. The van der Waals surface area contributed by atoms with Crippen LogP contribution in [0.3, 0.4) is 0 Å². The topological polar surface area (TPSA) is 37.8 Å². The maximum Gasteiger partial charge on any atom is 0.142 e. The molecule has 2 heterocycles. The lowest BCUT2D eigenvalue weighted by Gasteiger charge is -2.34. The van der Waals surface area contributed by atoms with Crippen LogP contribution >= 0.6 is 11.3 Å². The molecule has 0 aliphatic heterocycles. The van der Waals surface area contributed by atoms with E-state index in [1.54, 1.807) is 0 Å². The SMILES string of the molecule is CCNC1CC(C)(C)Cc2nc(-c3ncccc3C)sc21. The highest BCUT2D eigenvalue weighted by Gasteiger charge is 2.34. The minimum absolute atomic E-state index is 0.310. The Labute approximate surface area is 130 Å². The van der Waals surface area contributed by atoms with Crippen molar-refractivity contribution in [2.45, 2.75) is 46.6 Å². The van der Waals surface area contributed by atoms with Crippen LogP contribution in [-0.4, -0.2) is 16.5 Å². The molecule has 112 valence electrons. The molecule has 3 rings (SSSR count). The molecule has 0 fully saturated rings. The quantitative estimate of drug-likeness (QED) is 0.926. The third kappa shape index (κ3) is 2.87. The highest BCUT2D eigenvalue weighted by molar-refractivity contribution is 7.15. The zero-order chi connectivity index (χ0) is 15.0. The first-order chi connectivity index (χ1) is 10.00. The molecule has 0 bridgehead atoms. The van der Waals surface area contributed by atoms with Crippen molar-refractivity contribution in [2.75, 3.05) is 6.54 Å². The molecule has 1 unspecified atom stereocenters. The van der Waals surface area contributed by atoms with Crippen LogP contribution in [0.5, 0.6) is 0 Å². The summed E-state index contributed by atoms with van der Waals surface area (Å²) < 4.78 is 0. The van der Waals surface area contributed by atoms with Gasteiger partial charge in [-0.2, -0.15) is 0 Å². The standard InChI is InChI=1S/C17H23N3S/c1-5-18-12-9-17(3,4)10-13-15(12)21-16(20-13)14-11(2)7-6-8-19-14/h6-8,12,18H,5,9-10H2,1-4H3. The van der Waals surface area contributed by atoms with E-state index in [1.807, 2.05) is 23.6 Å². The van der Waals surface area contributed by atoms with Gasteiger partial charge < -0.3 is 5.32 Å². The Kier molecular flexibility index (Phi) is 3.84. The van der Waals surface area contributed by atoms with Gasteiger partial charge in [0.05, 0.1) is 5.69 Å². The number of rotatable bonds is 3. The van der Waals surface area contributed by atoms with E-state index in [0.29, 0.717) is 11.5 Å². The molecule has 0 radical (unpaired) electrons. The van der Waals surface area contributed by atoms with E-state index in [9.17, 15) is 0 Å². The molecule has 1 aliphatic carbocycles. The number of nitrogens with zero attached hydrogens (tertiary/aromatic N) is 2. The molecule has 2 aromatic heterocycles. The molecule has 0 aromatic carbocycles. The van der Waals surface area contributed by atoms with Gasteiger partial charge >= 0.3 is 0 Å². The number of fused-ring (bicyclic) bond motifs is 1. The predicted molar refractivity (Wildman–Crippen MR) is 88.6 cm³/mol. The second kappa shape index (κ2) is 5.50. The van der Waals surface area contributed by atoms with Crippen molar-refractivity contribution in [1.82, 2.24) is 15.3 Å². The lowest BCUT2D eigenvalue weighted by Crippen LogP contribution is -2.32. The Morgan fingerprint density at radius 2 is 2.24 bits per heavy atom. The van der Waals surface area contributed by atoms with Crippen molar-refractivity contribution in [3.8, 4) is 10.7 Å². The Balaban J connectivity index is 2.04. The fraction of sp³-hybridized carbons (Fsp3) is 0.529. The smallest absolute Gasteiger partial charge is 0.142 e. The first-order valence-corrected chi connectivity index (χ1v) is 8.47. The largest absolute Gasteiger partial charge is 0.309 e. The van der Waals surface area contributed by atoms with E-state index in [0.717, 1.165) is 23.7 Å². The summed E-state index contributed by atoms with van der Waals surface area (Å²) in [6.07, 6.45) is 4.09. The maximum absolute atomic E-state index is 4.93. The van der Waals surface area contributed by atoms with E-state index in [1.165, 1.54) is 22.6 Å². The van der Waals surface area contributed by atoms with Crippen LogP contribution in [0.2, 0.25) is 0 Å². The van der Waals surface area contributed by atoms with E-state index in [-0.39, 0.29) is 0 Å². The van der Waals surface area contributed by atoms with Crippen LogP contribution in [0, 0.1) is 12.3 Å². The normalized spacial score (nSPS) is 20.3. The van der Waals surface area contributed by atoms with Gasteiger partial charge in [0.1, 0.15) is 10.7 Å². The summed E-state index contributed by atoms with van der Waals surface area (Å²) in [5.74, 6) is 0. The predicted octanol–water partition coefficient (Wildman–Crippen LogP) is 4.14. The third-order valence-electron chi connectivity index (χ3n) is 4.11.